The minimum absolute atomic E-state index is 0.0113. The summed E-state index contributed by atoms with van der Waals surface area (Å²) in [7, 11) is 0. The minimum Gasteiger partial charge on any atom is -0.482 e. The van der Waals surface area contributed by atoms with Gasteiger partial charge in [-0.15, -0.1) is 0 Å². The molecule has 21 heavy (non-hydrogen) atoms. The van der Waals surface area contributed by atoms with E-state index in [0.717, 1.165) is 19.6 Å². The molecule has 0 bridgehead atoms. The summed E-state index contributed by atoms with van der Waals surface area (Å²) in [5.74, 6) is 1.09. The van der Waals surface area contributed by atoms with Crippen LogP contribution in [0.15, 0.2) is 18.2 Å². The zero-order valence-corrected chi connectivity index (χ0v) is 13.2. The van der Waals surface area contributed by atoms with Crippen molar-refractivity contribution in [2.45, 2.75) is 18.9 Å². The molecule has 3 rings (SSSR count). The van der Waals surface area contributed by atoms with E-state index >= 15 is 0 Å². The first kappa shape index (κ1) is 14.9. The highest BCUT2D eigenvalue weighted by molar-refractivity contribution is 6.35. The molecule has 1 N–H and O–H groups in total. The topological polar surface area (TPSA) is 41.6 Å². The van der Waals surface area contributed by atoms with Crippen LogP contribution in [0.1, 0.15) is 12.8 Å². The number of likely N-dealkylation sites (tertiary alicyclic amines) is 1. The number of piperidine rings is 1. The Hall–Kier alpha value is -0.970. The van der Waals surface area contributed by atoms with Crippen molar-refractivity contribution in [2.24, 2.45) is 5.92 Å². The molecule has 2 aliphatic heterocycles. The van der Waals surface area contributed by atoms with Crippen LogP contribution < -0.4 is 10.1 Å². The lowest BCUT2D eigenvalue weighted by atomic mass is 9.94. The lowest BCUT2D eigenvalue weighted by Crippen LogP contribution is -2.41. The summed E-state index contributed by atoms with van der Waals surface area (Å²) in [5, 5.41) is 4.46. The van der Waals surface area contributed by atoms with Gasteiger partial charge in [0.05, 0.1) is 5.02 Å². The summed E-state index contributed by atoms with van der Waals surface area (Å²) in [4.78, 5) is 14.1. The number of benzene rings is 1. The number of amides is 1. The van der Waals surface area contributed by atoms with Crippen LogP contribution >= 0.6 is 23.2 Å². The highest BCUT2D eigenvalue weighted by Crippen LogP contribution is 2.28. The van der Waals surface area contributed by atoms with Crippen LogP contribution in [0.25, 0.3) is 0 Å². The number of fused-ring (bicyclic) bond motifs is 1. The Morgan fingerprint density at radius 1 is 1.38 bits per heavy atom. The number of ether oxygens (including phenoxy) is 1. The van der Waals surface area contributed by atoms with Gasteiger partial charge in [-0.25, -0.2) is 0 Å². The molecule has 0 unspecified atom stereocenters. The smallest absolute Gasteiger partial charge is 0.260 e. The fourth-order valence-corrected chi connectivity index (χ4v) is 3.54. The van der Waals surface area contributed by atoms with E-state index in [9.17, 15) is 4.79 Å². The molecule has 4 nitrogen and oxygen atoms in total. The van der Waals surface area contributed by atoms with E-state index in [0.29, 0.717) is 27.8 Å². The Bertz CT molecular complexity index is 524. The maximum absolute atomic E-state index is 12.2. The Kier molecular flexibility index (Phi) is 4.57. The number of halogens is 2. The van der Waals surface area contributed by atoms with Gasteiger partial charge >= 0.3 is 0 Å². The Morgan fingerprint density at radius 3 is 3.00 bits per heavy atom. The molecular formula is C15H18Cl2N2O2. The lowest BCUT2D eigenvalue weighted by molar-refractivity contribution is -0.132. The van der Waals surface area contributed by atoms with Gasteiger partial charge in [-0.3, -0.25) is 4.79 Å². The Labute approximate surface area is 134 Å². The van der Waals surface area contributed by atoms with Gasteiger partial charge in [-0.1, -0.05) is 23.2 Å². The molecule has 0 aliphatic carbocycles. The molecule has 0 aromatic heterocycles. The number of carbonyl (C=O) groups is 1. The number of hydrogen-bond acceptors (Lipinski definition) is 3. The van der Waals surface area contributed by atoms with Gasteiger partial charge < -0.3 is 15.0 Å². The molecule has 2 saturated heterocycles. The van der Waals surface area contributed by atoms with Gasteiger partial charge in [0.1, 0.15) is 5.75 Å². The minimum atomic E-state index is 0.0113. The molecule has 0 radical (unpaired) electrons. The average molecular weight is 329 g/mol. The van der Waals surface area contributed by atoms with E-state index in [4.69, 9.17) is 27.9 Å². The molecule has 2 heterocycles. The molecule has 114 valence electrons. The van der Waals surface area contributed by atoms with Crippen molar-refractivity contribution >= 4 is 29.1 Å². The van der Waals surface area contributed by atoms with Crippen molar-refractivity contribution in [1.82, 2.24) is 10.2 Å². The number of hydrogen-bond donors (Lipinski definition) is 1. The SMILES string of the molecule is O=C(COc1ccc(Cl)cc1Cl)N1C[C@H]2CCCN[C@H]2C1. The van der Waals surface area contributed by atoms with Crippen molar-refractivity contribution < 1.29 is 9.53 Å². The number of carbonyl (C=O) groups excluding carboxylic acids is 1. The fourth-order valence-electron chi connectivity index (χ4n) is 3.07. The molecule has 2 atom stereocenters. The molecule has 1 aromatic rings. The summed E-state index contributed by atoms with van der Waals surface area (Å²) in [6, 6.07) is 5.43. The first-order valence-electron chi connectivity index (χ1n) is 7.22. The quantitative estimate of drug-likeness (QED) is 0.927. The molecule has 2 fully saturated rings. The third-order valence-corrected chi connectivity index (χ3v) is 4.73. The van der Waals surface area contributed by atoms with Crippen molar-refractivity contribution in [3.63, 3.8) is 0 Å². The Morgan fingerprint density at radius 2 is 2.24 bits per heavy atom. The van der Waals surface area contributed by atoms with Gasteiger partial charge in [0.15, 0.2) is 6.61 Å². The maximum Gasteiger partial charge on any atom is 0.260 e. The molecule has 6 heteroatoms. The van der Waals surface area contributed by atoms with E-state index in [1.807, 2.05) is 4.90 Å². The molecular weight excluding hydrogens is 311 g/mol. The second-order valence-corrected chi connectivity index (χ2v) is 6.47. The summed E-state index contributed by atoms with van der Waals surface area (Å²) in [6.07, 6.45) is 2.39. The summed E-state index contributed by atoms with van der Waals surface area (Å²) in [5.41, 5.74) is 0. The second kappa shape index (κ2) is 6.42. The normalized spacial score (nSPS) is 24.8. The first-order valence-corrected chi connectivity index (χ1v) is 7.98. The average Bonchev–Trinajstić information content (AvgIpc) is 2.90. The molecule has 0 saturated carbocycles. The lowest BCUT2D eigenvalue weighted by Gasteiger charge is -2.24. The number of rotatable bonds is 3. The third-order valence-electron chi connectivity index (χ3n) is 4.20. The zero-order chi connectivity index (χ0) is 14.8. The zero-order valence-electron chi connectivity index (χ0n) is 11.6. The first-order chi connectivity index (χ1) is 10.1. The standard InChI is InChI=1S/C15H18Cl2N2O2/c16-11-3-4-14(12(17)6-11)21-9-15(20)19-7-10-2-1-5-18-13(10)8-19/h3-4,6,10,13,18H,1-2,5,7-9H2/t10-,13+/m1/s1. The van der Waals surface area contributed by atoms with E-state index in [1.165, 1.54) is 12.8 Å². The van der Waals surface area contributed by atoms with Gasteiger partial charge in [0.2, 0.25) is 0 Å². The van der Waals surface area contributed by atoms with Crippen LogP contribution in [-0.4, -0.2) is 43.1 Å². The Balaban J connectivity index is 1.55. The predicted octanol–water partition coefficient (Wildman–Crippen LogP) is 2.58. The molecule has 1 amide bonds. The van der Waals surface area contributed by atoms with Gasteiger partial charge in [-0.2, -0.15) is 0 Å². The fraction of sp³-hybridized carbons (Fsp3) is 0.533. The van der Waals surface area contributed by atoms with Crippen molar-refractivity contribution in [2.75, 3.05) is 26.2 Å². The van der Waals surface area contributed by atoms with Crippen LogP contribution in [0.2, 0.25) is 10.0 Å². The number of nitrogens with one attached hydrogen (secondary N) is 1. The van der Waals surface area contributed by atoms with Gasteiger partial charge in [-0.05, 0) is 43.5 Å². The maximum atomic E-state index is 12.2. The van der Waals surface area contributed by atoms with E-state index in [2.05, 4.69) is 5.32 Å². The second-order valence-electron chi connectivity index (χ2n) is 5.63. The molecule has 2 aliphatic rings. The van der Waals surface area contributed by atoms with Crippen molar-refractivity contribution in [3.8, 4) is 5.75 Å². The van der Waals surface area contributed by atoms with E-state index in [-0.39, 0.29) is 12.5 Å². The summed E-state index contributed by atoms with van der Waals surface area (Å²) >= 11 is 11.9. The van der Waals surface area contributed by atoms with Crippen LogP contribution in [0, 0.1) is 5.92 Å². The molecule has 1 aromatic carbocycles. The van der Waals surface area contributed by atoms with Gasteiger partial charge in [0.25, 0.3) is 5.91 Å². The van der Waals surface area contributed by atoms with Crippen LogP contribution in [0.4, 0.5) is 0 Å². The monoisotopic (exact) mass is 328 g/mol. The highest BCUT2D eigenvalue weighted by atomic mass is 35.5. The van der Waals surface area contributed by atoms with Crippen molar-refractivity contribution in [3.05, 3.63) is 28.2 Å². The predicted molar refractivity (Wildman–Crippen MR) is 83.1 cm³/mol. The summed E-state index contributed by atoms with van der Waals surface area (Å²) in [6.45, 7) is 2.68. The summed E-state index contributed by atoms with van der Waals surface area (Å²) < 4.78 is 5.52. The number of nitrogens with zero attached hydrogens (tertiary/aromatic N) is 1. The van der Waals surface area contributed by atoms with Gasteiger partial charge in [0, 0.05) is 24.2 Å². The third kappa shape index (κ3) is 3.44. The highest BCUT2D eigenvalue weighted by Gasteiger charge is 2.36. The largest absolute Gasteiger partial charge is 0.482 e. The molecule has 0 spiro atoms. The van der Waals surface area contributed by atoms with Crippen molar-refractivity contribution in [1.29, 1.82) is 0 Å². The van der Waals surface area contributed by atoms with E-state index in [1.54, 1.807) is 18.2 Å². The van der Waals surface area contributed by atoms with E-state index < -0.39 is 0 Å². The van der Waals surface area contributed by atoms with Crippen LogP contribution in [-0.2, 0) is 4.79 Å². The van der Waals surface area contributed by atoms with Crippen LogP contribution in [0.3, 0.4) is 0 Å². The van der Waals surface area contributed by atoms with Crippen LogP contribution in [0.5, 0.6) is 5.75 Å².